The molecule has 0 fully saturated rings. The summed E-state index contributed by atoms with van der Waals surface area (Å²) in [6.45, 7) is 2.01. The van der Waals surface area contributed by atoms with Crippen molar-refractivity contribution in [3.63, 3.8) is 0 Å². The van der Waals surface area contributed by atoms with E-state index >= 15 is 0 Å². The predicted octanol–water partition coefficient (Wildman–Crippen LogP) is 3.28. The van der Waals surface area contributed by atoms with E-state index in [4.69, 9.17) is 0 Å². The molecule has 0 spiro atoms. The third-order valence-corrected chi connectivity index (χ3v) is 5.37. The third-order valence-electron chi connectivity index (χ3n) is 4.13. The van der Waals surface area contributed by atoms with Crippen LogP contribution in [0.25, 0.3) is 11.3 Å². The summed E-state index contributed by atoms with van der Waals surface area (Å²) < 4.78 is 2.61. The first-order valence-corrected chi connectivity index (χ1v) is 9.89. The second-order valence-corrected chi connectivity index (χ2v) is 7.98. The van der Waals surface area contributed by atoms with Crippen LogP contribution in [0.2, 0.25) is 0 Å². The van der Waals surface area contributed by atoms with Crippen molar-refractivity contribution in [2.45, 2.75) is 18.2 Å². The molecule has 26 heavy (non-hydrogen) atoms. The van der Waals surface area contributed by atoms with Gasteiger partial charge in [0.05, 0.1) is 11.3 Å². The van der Waals surface area contributed by atoms with Gasteiger partial charge in [-0.05, 0) is 52.9 Å². The maximum atomic E-state index is 12.9. The maximum absolute atomic E-state index is 12.9. The summed E-state index contributed by atoms with van der Waals surface area (Å²) in [7, 11) is 0. The number of thioether (sulfide) groups is 1. The van der Waals surface area contributed by atoms with Crippen LogP contribution in [0.1, 0.15) is 18.7 Å². The zero-order valence-corrected chi connectivity index (χ0v) is 16.3. The summed E-state index contributed by atoms with van der Waals surface area (Å²) in [5, 5.41) is 18.3. The summed E-state index contributed by atoms with van der Waals surface area (Å²) in [4.78, 5) is 15.7. The number of aromatic amines is 1. The number of halogens is 1. The Kier molecular flexibility index (Phi) is 4.46. The predicted molar refractivity (Wildman–Crippen MR) is 104 cm³/mol. The molecule has 1 atom stereocenters. The van der Waals surface area contributed by atoms with Gasteiger partial charge in [-0.2, -0.15) is 0 Å². The number of benzene rings is 2. The van der Waals surface area contributed by atoms with Crippen LogP contribution in [0.15, 0.2) is 56.9 Å². The minimum Gasteiger partial charge on any atom is -0.508 e. The number of nitrogens with zero attached hydrogens (tertiary/aromatic N) is 2. The highest BCUT2D eigenvalue weighted by Gasteiger charge is 2.37. The van der Waals surface area contributed by atoms with Crippen LogP contribution in [-0.4, -0.2) is 20.9 Å². The molecule has 0 radical (unpaired) electrons. The van der Waals surface area contributed by atoms with Gasteiger partial charge in [-0.25, -0.2) is 0 Å². The maximum Gasteiger partial charge on any atom is 0.325 e. The van der Waals surface area contributed by atoms with Gasteiger partial charge in [-0.15, -0.1) is 0 Å². The normalized spacial score (nSPS) is 15.1. The Morgan fingerprint density at radius 1 is 1.27 bits per heavy atom. The number of anilines is 1. The van der Waals surface area contributed by atoms with E-state index < -0.39 is 0 Å². The number of nitrogens with one attached hydrogen (secondary N) is 2. The van der Waals surface area contributed by atoms with Gasteiger partial charge in [0.25, 0.3) is 6.17 Å². The first kappa shape index (κ1) is 17.1. The Labute approximate surface area is 162 Å². The average Bonchev–Trinajstić information content (AvgIpc) is 2.62. The summed E-state index contributed by atoms with van der Waals surface area (Å²) >= 11 is 4.95. The largest absolute Gasteiger partial charge is 0.508 e. The van der Waals surface area contributed by atoms with E-state index in [1.807, 2.05) is 37.3 Å². The van der Waals surface area contributed by atoms with Crippen LogP contribution in [-0.2, 0) is 0 Å². The SMILES string of the molecule is CCSc1n[n+]2c(c(=O)[nH]1)-c1cc(Br)ccc1N[C@@H]2c1ccc(O)cc1. The minimum atomic E-state index is -0.349. The van der Waals surface area contributed by atoms with Gasteiger partial charge in [0.2, 0.25) is 5.16 Å². The van der Waals surface area contributed by atoms with E-state index in [0.29, 0.717) is 10.9 Å². The smallest absolute Gasteiger partial charge is 0.325 e. The van der Waals surface area contributed by atoms with E-state index in [2.05, 4.69) is 31.3 Å². The van der Waals surface area contributed by atoms with Crippen molar-refractivity contribution in [1.29, 1.82) is 0 Å². The van der Waals surface area contributed by atoms with Crippen LogP contribution >= 0.6 is 27.7 Å². The number of aromatic hydroxyl groups is 1. The molecule has 1 aromatic heterocycles. The van der Waals surface area contributed by atoms with E-state index in [9.17, 15) is 9.90 Å². The molecular weight excluding hydrogens is 416 g/mol. The molecule has 4 rings (SSSR count). The van der Waals surface area contributed by atoms with Crippen LogP contribution < -0.4 is 15.6 Å². The molecule has 1 aliphatic heterocycles. The van der Waals surface area contributed by atoms with Gasteiger partial charge >= 0.3 is 11.3 Å². The number of aromatic nitrogens is 3. The van der Waals surface area contributed by atoms with Crippen LogP contribution in [0.3, 0.4) is 0 Å². The molecule has 6 nitrogen and oxygen atoms in total. The molecule has 0 saturated heterocycles. The number of hydrogen-bond acceptors (Lipinski definition) is 5. The number of phenolic OH excluding ortho intramolecular Hbond substituents is 1. The monoisotopic (exact) mass is 431 g/mol. The fourth-order valence-corrected chi connectivity index (χ4v) is 3.94. The average molecular weight is 432 g/mol. The molecule has 8 heteroatoms. The highest BCUT2D eigenvalue weighted by Crippen LogP contribution is 2.34. The fourth-order valence-electron chi connectivity index (χ4n) is 3.00. The number of hydrogen-bond donors (Lipinski definition) is 3. The lowest BCUT2D eigenvalue weighted by Gasteiger charge is -2.22. The van der Waals surface area contributed by atoms with Crippen LogP contribution in [0.4, 0.5) is 5.69 Å². The Morgan fingerprint density at radius 3 is 2.77 bits per heavy atom. The van der Waals surface area contributed by atoms with Gasteiger partial charge in [-0.3, -0.25) is 9.78 Å². The van der Waals surface area contributed by atoms with E-state index in [1.165, 1.54) is 11.8 Å². The summed E-state index contributed by atoms with van der Waals surface area (Å²) in [5.74, 6) is 1.00. The molecule has 0 unspecified atom stereocenters. The summed E-state index contributed by atoms with van der Waals surface area (Å²) in [6, 6.07) is 12.7. The molecule has 0 aliphatic carbocycles. The van der Waals surface area contributed by atoms with Crippen molar-refractivity contribution in [1.82, 2.24) is 10.1 Å². The number of H-pyrrole nitrogens is 1. The molecule has 0 amide bonds. The Hall–Kier alpha value is -2.32. The zero-order chi connectivity index (χ0) is 18.3. The number of fused-ring (bicyclic) bond motifs is 3. The molecule has 0 saturated carbocycles. The zero-order valence-electron chi connectivity index (χ0n) is 13.9. The molecule has 132 valence electrons. The van der Waals surface area contributed by atoms with Crippen molar-refractivity contribution in [2.75, 3.05) is 11.1 Å². The lowest BCUT2D eigenvalue weighted by Crippen LogP contribution is -2.55. The lowest BCUT2D eigenvalue weighted by molar-refractivity contribution is -0.759. The molecule has 2 aromatic carbocycles. The van der Waals surface area contributed by atoms with Crippen molar-refractivity contribution >= 4 is 33.4 Å². The number of rotatable bonds is 3. The molecule has 3 N–H and O–H groups in total. The molecule has 3 aromatic rings. The molecule has 1 aliphatic rings. The standard InChI is InChI=1S/C18H15BrN4O2S/c1-2-26-18-21-17(25)15-13-9-11(19)5-8-14(13)20-16(23(15)22-18)10-3-6-12(24)7-4-10/h3-9,16H,2H2,1H3,(H2,21,22,24,25)/p+1/t16-/m0/s1. The Bertz CT molecular complexity index is 1040. The van der Waals surface area contributed by atoms with Gasteiger partial charge in [0, 0.05) is 15.1 Å². The lowest BCUT2D eigenvalue weighted by atomic mass is 10.0. The van der Waals surface area contributed by atoms with Crippen LogP contribution in [0.5, 0.6) is 5.75 Å². The highest BCUT2D eigenvalue weighted by atomic mass is 79.9. The van der Waals surface area contributed by atoms with Crippen molar-refractivity contribution in [3.05, 3.63) is 62.9 Å². The first-order chi connectivity index (χ1) is 12.6. The second kappa shape index (κ2) is 6.77. The van der Waals surface area contributed by atoms with Gasteiger partial charge in [0.1, 0.15) is 5.75 Å². The third kappa shape index (κ3) is 2.99. The first-order valence-electron chi connectivity index (χ1n) is 8.11. The number of phenols is 1. The van der Waals surface area contributed by atoms with Crippen molar-refractivity contribution < 1.29 is 9.79 Å². The summed E-state index contributed by atoms with van der Waals surface area (Å²) in [5.41, 5.74) is 2.86. The van der Waals surface area contributed by atoms with E-state index in [0.717, 1.165) is 27.0 Å². The van der Waals surface area contributed by atoms with Gasteiger partial charge in [-0.1, -0.05) is 34.6 Å². The highest BCUT2D eigenvalue weighted by molar-refractivity contribution is 9.10. The van der Waals surface area contributed by atoms with Gasteiger partial charge < -0.3 is 10.4 Å². The Balaban J connectivity index is 1.96. The van der Waals surface area contributed by atoms with E-state index in [-0.39, 0.29) is 17.5 Å². The minimum absolute atomic E-state index is 0.180. The summed E-state index contributed by atoms with van der Waals surface area (Å²) in [6.07, 6.45) is -0.349. The quantitative estimate of drug-likeness (QED) is 0.437. The Morgan fingerprint density at radius 2 is 2.04 bits per heavy atom. The van der Waals surface area contributed by atoms with Crippen molar-refractivity contribution in [2.24, 2.45) is 0 Å². The second-order valence-electron chi connectivity index (χ2n) is 5.81. The van der Waals surface area contributed by atoms with Crippen molar-refractivity contribution in [3.8, 4) is 17.0 Å². The van der Waals surface area contributed by atoms with E-state index in [1.54, 1.807) is 16.8 Å². The van der Waals surface area contributed by atoms with Gasteiger partial charge in [0.15, 0.2) is 0 Å². The fraction of sp³-hybridized carbons (Fsp3) is 0.167. The molecular formula is C18H16BrN4O2S+. The molecule has 0 bridgehead atoms. The topological polar surface area (TPSA) is 81.9 Å². The molecule has 2 heterocycles. The van der Waals surface area contributed by atoms with Crippen LogP contribution in [0, 0.1) is 0 Å².